The zero-order valence-corrected chi connectivity index (χ0v) is 9.92. The number of primary amides is 1. The summed E-state index contributed by atoms with van der Waals surface area (Å²) in [5.41, 5.74) is 7.79. The molecule has 1 aliphatic carbocycles. The van der Waals surface area contributed by atoms with Gasteiger partial charge in [-0.25, -0.2) is 0 Å². The van der Waals surface area contributed by atoms with Gasteiger partial charge in [-0.3, -0.25) is 4.79 Å². The Kier molecular flexibility index (Phi) is 3.17. The van der Waals surface area contributed by atoms with E-state index in [9.17, 15) is 4.79 Å². The van der Waals surface area contributed by atoms with E-state index in [4.69, 9.17) is 17.3 Å². The highest BCUT2D eigenvalue weighted by Crippen LogP contribution is 2.25. The van der Waals surface area contributed by atoms with Crippen molar-refractivity contribution in [1.82, 2.24) is 5.32 Å². The monoisotopic (exact) mass is 238 g/mol. The molecule has 0 fully saturated rings. The summed E-state index contributed by atoms with van der Waals surface area (Å²) in [6.07, 6.45) is 1.84. The highest BCUT2D eigenvalue weighted by molar-refractivity contribution is 6.30. The molecule has 0 saturated carbocycles. The number of carbonyl (C=O) groups excluding carboxylic acids is 1. The van der Waals surface area contributed by atoms with Crippen LogP contribution < -0.4 is 11.1 Å². The molecule has 1 aromatic rings. The molecule has 2 unspecified atom stereocenters. The molecule has 1 amide bonds. The highest BCUT2D eigenvalue weighted by Gasteiger charge is 2.23. The Hall–Kier alpha value is -1.06. The number of carbonyl (C=O) groups is 1. The highest BCUT2D eigenvalue weighted by atomic mass is 35.5. The molecule has 3 N–H and O–H groups in total. The van der Waals surface area contributed by atoms with E-state index in [1.54, 1.807) is 6.92 Å². The zero-order chi connectivity index (χ0) is 11.7. The predicted molar refractivity (Wildman–Crippen MR) is 64.4 cm³/mol. The van der Waals surface area contributed by atoms with Crippen molar-refractivity contribution in [1.29, 1.82) is 0 Å². The van der Waals surface area contributed by atoms with Crippen LogP contribution in [-0.2, 0) is 17.6 Å². The van der Waals surface area contributed by atoms with Crippen LogP contribution in [-0.4, -0.2) is 18.0 Å². The summed E-state index contributed by atoms with van der Waals surface area (Å²) in [4.78, 5) is 11.0. The van der Waals surface area contributed by atoms with E-state index in [-0.39, 0.29) is 18.0 Å². The Bertz CT molecular complexity index is 419. The van der Waals surface area contributed by atoms with Gasteiger partial charge in [-0.05, 0) is 43.0 Å². The lowest BCUT2D eigenvalue weighted by atomic mass is 10.1. The summed E-state index contributed by atoms with van der Waals surface area (Å²) >= 11 is 5.93. The summed E-state index contributed by atoms with van der Waals surface area (Å²) in [6, 6.07) is 5.95. The minimum absolute atomic E-state index is 0.283. The maximum absolute atomic E-state index is 11.0. The van der Waals surface area contributed by atoms with Crippen molar-refractivity contribution in [2.45, 2.75) is 31.8 Å². The summed E-state index contributed by atoms with van der Waals surface area (Å²) in [5.74, 6) is -0.311. The fourth-order valence-corrected chi connectivity index (χ4v) is 2.33. The summed E-state index contributed by atoms with van der Waals surface area (Å²) in [5, 5.41) is 3.99. The molecule has 0 aromatic heterocycles. The molecule has 16 heavy (non-hydrogen) atoms. The van der Waals surface area contributed by atoms with E-state index in [1.165, 1.54) is 11.1 Å². The van der Waals surface area contributed by atoms with Gasteiger partial charge in [-0.2, -0.15) is 0 Å². The fourth-order valence-electron chi connectivity index (χ4n) is 2.14. The molecular formula is C12H15ClN2O. The number of nitrogens with one attached hydrogen (secondary N) is 1. The van der Waals surface area contributed by atoms with Crippen molar-refractivity contribution in [2.75, 3.05) is 0 Å². The Balaban J connectivity index is 2.03. The smallest absolute Gasteiger partial charge is 0.234 e. The van der Waals surface area contributed by atoms with Gasteiger partial charge in [0.2, 0.25) is 5.91 Å². The van der Waals surface area contributed by atoms with E-state index >= 15 is 0 Å². The van der Waals surface area contributed by atoms with E-state index < -0.39 is 0 Å². The van der Waals surface area contributed by atoms with Crippen LogP contribution in [0.15, 0.2) is 18.2 Å². The zero-order valence-electron chi connectivity index (χ0n) is 9.16. The van der Waals surface area contributed by atoms with Crippen LogP contribution in [0.1, 0.15) is 18.1 Å². The number of hydrogen-bond donors (Lipinski definition) is 2. The molecule has 0 heterocycles. The molecule has 86 valence electrons. The first kappa shape index (κ1) is 11.4. The second-order valence-corrected chi connectivity index (χ2v) is 4.75. The predicted octanol–water partition coefficient (Wildman–Crippen LogP) is 1.27. The maximum Gasteiger partial charge on any atom is 0.234 e. The molecule has 4 heteroatoms. The third-order valence-electron chi connectivity index (χ3n) is 3.01. The summed E-state index contributed by atoms with van der Waals surface area (Å²) in [7, 11) is 0. The molecule has 0 radical (unpaired) electrons. The second-order valence-electron chi connectivity index (χ2n) is 4.31. The molecule has 0 bridgehead atoms. The Morgan fingerprint density at radius 2 is 2.19 bits per heavy atom. The van der Waals surface area contributed by atoms with Gasteiger partial charge in [0.05, 0.1) is 6.04 Å². The lowest BCUT2D eigenvalue weighted by Crippen LogP contribution is -2.44. The third-order valence-corrected chi connectivity index (χ3v) is 3.25. The molecule has 1 aliphatic rings. The molecule has 3 nitrogen and oxygen atoms in total. The number of fused-ring (bicyclic) bond motifs is 1. The lowest BCUT2D eigenvalue weighted by Gasteiger charge is -2.16. The first-order valence-electron chi connectivity index (χ1n) is 5.39. The summed E-state index contributed by atoms with van der Waals surface area (Å²) < 4.78 is 0. The topological polar surface area (TPSA) is 55.1 Å². The Labute approximate surface area is 100.0 Å². The minimum atomic E-state index is -0.311. The van der Waals surface area contributed by atoms with Crippen molar-refractivity contribution in [2.24, 2.45) is 5.73 Å². The number of nitrogens with two attached hydrogens (primary N) is 1. The third kappa shape index (κ3) is 2.36. The number of benzene rings is 1. The standard InChI is InChI=1S/C12H15ClN2O/c1-7(12(14)16)15-11-5-8-2-3-10(13)4-9(8)6-11/h2-4,7,11,15H,5-6H2,1H3,(H2,14,16). The molecule has 2 rings (SSSR count). The van der Waals surface area contributed by atoms with Crippen LogP contribution in [0.25, 0.3) is 0 Å². The largest absolute Gasteiger partial charge is 0.368 e. The van der Waals surface area contributed by atoms with Crippen molar-refractivity contribution >= 4 is 17.5 Å². The van der Waals surface area contributed by atoms with Crippen LogP contribution in [0.3, 0.4) is 0 Å². The molecule has 0 saturated heterocycles. The number of rotatable bonds is 3. The Morgan fingerprint density at radius 1 is 1.50 bits per heavy atom. The Morgan fingerprint density at radius 3 is 2.88 bits per heavy atom. The maximum atomic E-state index is 11.0. The van der Waals surface area contributed by atoms with Gasteiger partial charge < -0.3 is 11.1 Å². The van der Waals surface area contributed by atoms with Crippen molar-refractivity contribution < 1.29 is 4.79 Å². The number of hydrogen-bond acceptors (Lipinski definition) is 2. The molecular weight excluding hydrogens is 224 g/mol. The first-order valence-corrected chi connectivity index (χ1v) is 5.76. The molecule has 1 aromatic carbocycles. The second kappa shape index (κ2) is 4.44. The van der Waals surface area contributed by atoms with E-state index in [1.807, 2.05) is 18.2 Å². The van der Waals surface area contributed by atoms with Crippen LogP contribution >= 0.6 is 11.6 Å². The molecule has 2 atom stereocenters. The van der Waals surface area contributed by atoms with Crippen molar-refractivity contribution in [3.05, 3.63) is 34.3 Å². The average Bonchev–Trinajstić information content (AvgIpc) is 2.58. The van der Waals surface area contributed by atoms with E-state index in [0.29, 0.717) is 0 Å². The van der Waals surface area contributed by atoms with Crippen LogP contribution in [0.2, 0.25) is 5.02 Å². The van der Waals surface area contributed by atoms with Crippen LogP contribution in [0.5, 0.6) is 0 Å². The van der Waals surface area contributed by atoms with Crippen LogP contribution in [0, 0.1) is 0 Å². The van der Waals surface area contributed by atoms with Crippen molar-refractivity contribution in [3.63, 3.8) is 0 Å². The van der Waals surface area contributed by atoms with Crippen molar-refractivity contribution in [3.8, 4) is 0 Å². The number of halogens is 1. The van der Waals surface area contributed by atoms with Gasteiger partial charge in [0.15, 0.2) is 0 Å². The normalized spacial score (nSPS) is 20.5. The first-order chi connectivity index (χ1) is 7.56. The van der Waals surface area contributed by atoms with Gasteiger partial charge in [-0.1, -0.05) is 17.7 Å². The van der Waals surface area contributed by atoms with Gasteiger partial charge >= 0.3 is 0 Å². The number of amides is 1. The van der Waals surface area contributed by atoms with Gasteiger partial charge in [0.25, 0.3) is 0 Å². The fraction of sp³-hybridized carbons (Fsp3) is 0.417. The average molecular weight is 239 g/mol. The molecule has 0 spiro atoms. The lowest BCUT2D eigenvalue weighted by molar-refractivity contribution is -0.119. The van der Waals surface area contributed by atoms with Gasteiger partial charge in [-0.15, -0.1) is 0 Å². The summed E-state index contributed by atoms with van der Waals surface area (Å²) in [6.45, 7) is 1.79. The molecule has 0 aliphatic heterocycles. The van der Waals surface area contributed by atoms with E-state index in [0.717, 1.165) is 17.9 Å². The SMILES string of the molecule is CC(NC1Cc2ccc(Cl)cc2C1)C(N)=O. The van der Waals surface area contributed by atoms with E-state index in [2.05, 4.69) is 5.32 Å². The van der Waals surface area contributed by atoms with Crippen LogP contribution in [0.4, 0.5) is 0 Å². The minimum Gasteiger partial charge on any atom is -0.368 e. The van der Waals surface area contributed by atoms with Gasteiger partial charge in [0.1, 0.15) is 0 Å². The van der Waals surface area contributed by atoms with Gasteiger partial charge in [0, 0.05) is 11.1 Å². The quantitative estimate of drug-likeness (QED) is 0.833.